The SMILES string of the molecule is CC(C)n1nc(C(=O)NC2CC2)ccc1=O. The summed E-state index contributed by atoms with van der Waals surface area (Å²) in [6, 6.07) is 3.11. The second kappa shape index (κ2) is 4.08. The molecule has 2 rings (SSSR count). The zero-order valence-electron chi connectivity index (χ0n) is 9.43. The molecule has 1 amide bonds. The van der Waals surface area contributed by atoms with Crippen molar-refractivity contribution in [2.45, 2.75) is 38.8 Å². The number of nitrogens with one attached hydrogen (secondary N) is 1. The number of rotatable bonds is 3. The minimum absolute atomic E-state index is 0.0406. The number of carbonyl (C=O) groups is 1. The molecule has 16 heavy (non-hydrogen) atoms. The Kier molecular flexibility index (Phi) is 2.77. The van der Waals surface area contributed by atoms with E-state index in [1.165, 1.54) is 16.8 Å². The Hall–Kier alpha value is -1.65. The van der Waals surface area contributed by atoms with Crippen LogP contribution in [0.1, 0.15) is 43.2 Å². The molecule has 0 bridgehead atoms. The van der Waals surface area contributed by atoms with Crippen LogP contribution in [-0.4, -0.2) is 21.7 Å². The van der Waals surface area contributed by atoms with Crippen LogP contribution in [0.3, 0.4) is 0 Å². The zero-order chi connectivity index (χ0) is 11.7. The van der Waals surface area contributed by atoms with Gasteiger partial charge >= 0.3 is 0 Å². The first-order valence-electron chi connectivity index (χ1n) is 5.48. The van der Waals surface area contributed by atoms with Crippen LogP contribution in [0.15, 0.2) is 16.9 Å². The molecule has 0 spiro atoms. The van der Waals surface area contributed by atoms with Crippen LogP contribution in [0.4, 0.5) is 0 Å². The van der Waals surface area contributed by atoms with E-state index in [2.05, 4.69) is 10.4 Å². The van der Waals surface area contributed by atoms with Gasteiger partial charge in [0, 0.05) is 12.1 Å². The summed E-state index contributed by atoms with van der Waals surface area (Å²) >= 11 is 0. The monoisotopic (exact) mass is 221 g/mol. The van der Waals surface area contributed by atoms with Gasteiger partial charge in [0.25, 0.3) is 11.5 Å². The minimum Gasteiger partial charge on any atom is -0.348 e. The van der Waals surface area contributed by atoms with Gasteiger partial charge in [0.05, 0.1) is 6.04 Å². The Morgan fingerprint density at radius 3 is 2.75 bits per heavy atom. The topological polar surface area (TPSA) is 64.0 Å². The fraction of sp³-hybridized carbons (Fsp3) is 0.545. The number of amides is 1. The lowest BCUT2D eigenvalue weighted by atomic mass is 10.3. The molecule has 1 heterocycles. The standard InChI is InChI=1S/C11H15N3O2/c1-7(2)14-10(15)6-5-9(13-14)11(16)12-8-3-4-8/h5-8H,3-4H2,1-2H3,(H,12,16). The zero-order valence-corrected chi connectivity index (χ0v) is 9.43. The van der Waals surface area contributed by atoms with Gasteiger partial charge in [0.15, 0.2) is 0 Å². The lowest BCUT2D eigenvalue weighted by molar-refractivity contribution is 0.0943. The van der Waals surface area contributed by atoms with Crippen molar-refractivity contribution in [3.63, 3.8) is 0 Å². The summed E-state index contributed by atoms with van der Waals surface area (Å²) < 4.78 is 1.32. The molecule has 1 N–H and O–H groups in total. The summed E-state index contributed by atoms with van der Waals surface area (Å²) in [4.78, 5) is 23.1. The number of hydrogen-bond acceptors (Lipinski definition) is 3. The molecule has 0 aromatic carbocycles. The van der Waals surface area contributed by atoms with E-state index >= 15 is 0 Å². The Morgan fingerprint density at radius 2 is 2.19 bits per heavy atom. The molecule has 5 heteroatoms. The van der Waals surface area contributed by atoms with Crippen molar-refractivity contribution in [3.8, 4) is 0 Å². The molecule has 1 aromatic heterocycles. The first-order valence-corrected chi connectivity index (χ1v) is 5.48. The maximum absolute atomic E-state index is 11.7. The van der Waals surface area contributed by atoms with Gasteiger partial charge in [0.2, 0.25) is 0 Å². The molecule has 1 saturated carbocycles. The van der Waals surface area contributed by atoms with Gasteiger partial charge in [-0.2, -0.15) is 5.10 Å². The third-order valence-electron chi connectivity index (χ3n) is 2.46. The smallest absolute Gasteiger partial charge is 0.271 e. The Balaban J connectivity index is 2.23. The molecule has 1 fully saturated rings. The maximum atomic E-state index is 11.7. The van der Waals surface area contributed by atoms with Crippen molar-refractivity contribution in [1.82, 2.24) is 15.1 Å². The summed E-state index contributed by atoms with van der Waals surface area (Å²) in [5.41, 5.74) is 0.123. The summed E-state index contributed by atoms with van der Waals surface area (Å²) in [5, 5.41) is 6.88. The number of carbonyl (C=O) groups excluding carboxylic acids is 1. The molecular formula is C11H15N3O2. The van der Waals surface area contributed by atoms with E-state index in [9.17, 15) is 9.59 Å². The lowest BCUT2D eigenvalue weighted by Gasteiger charge is -2.09. The van der Waals surface area contributed by atoms with E-state index in [0.29, 0.717) is 11.7 Å². The quantitative estimate of drug-likeness (QED) is 0.817. The Morgan fingerprint density at radius 1 is 1.50 bits per heavy atom. The van der Waals surface area contributed by atoms with Gasteiger partial charge in [-0.1, -0.05) is 0 Å². The van der Waals surface area contributed by atoms with Crippen LogP contribution >= 0.6 is 0 Å². The molecule has 0 unspecified atom stereocenters. The molecule has 0 atom stereocenters. The van der Waals surface area contributed by atoms with Crippen molar-refractivity contribution >= 4 is 5.91 Å². The molecule has 0 saturated heterocycles. The molecule has 1 aliphatic carbocycles. The van der Waals surface area contributed by atoms with Gasteiger partial charge in [-0.05, 0) is 32.8 Å². The largest absolute Gasteiger partial charge is 0.348 e. The first-order chi connectivity index (χ1) is 7.58. The van der Waals surface area contributed by atoms with E-state index in [-0.39, 0.29) is 17.5 Å². The van der Waals surface area contributed by atoms with E-state index in [0.717, 1.165) is 12.8 Å². The third-order valence-corrected chi connectivity index (χ3v) is 2.46. The summed E-state index contributed by atoms with van der Waals surface area (Å²) in [7, 11) is 0. The minimum atomic E-state index is -0.197. The highest BCUT2D eigenvalue weighted by molar-refractivity contribution is 5.92. The van der Waals surface area contributed by atoms with Crippen molar-refractivity contribution in [2.75, 3.05) is 0 Å². The predicted octanol–water partition coefficient (Wildman–Crippen LogP) is 0.716. The number of aromatic nitrogens is 2. The van der Waals surface area contributed by atoms with E-state index < -0.39 is 0 Å². The highest BCUT2D eigenvalue weighted by Crippen LogP contribution is 2.18. The molecule has 5 nitrogen and oxygen atoms in total. The van der Waals surface area contributed by atoms with Gasteiger partial charge in [-0.3, -0.25) is 9.59 Å². The summed E-state index contributed by atoms with van der Waals surface area (Å²) in [6.07, 6.45) is 2.07. The summed E-state index contributed by atoms with van der Waals surface area (Å²) in [6.45, 7) is 3.72. The fourth-order valence-corrected chi connectivity index (χ4v) is 1.40. The summed E-state index contributed by atoms with van der Waals surface area (Å²) in [5.74, 6) is -0.197. The first kappa shape index (κ1) is 10.9. The van der Waals surface area contributed by atoms with E-state index in [1.54, 1.807) is 0 Å². The average molecular weight is 221 g/mol. The number of hydrogen-bond donors (Lipinski definition) is 1. The molecular weight excluding hydrogens is 206 g/mol. The van der Waals surface area contributed by atoms with Gasteiger partial charge in [-0.25, -0.2) is 4.68 Å². The Bertz CT molecular complexity index is 461. The third kappa shape index (κ3) is 2.29. The second-order valence-corrected chi connectivity index (χ2v) is 4.34. The van der Waals surface area contributed by atoms with Crippen molar-refractivity contribution in [1.29, 1.82) is 0 Å². The van der Waals surface area contributed by atoms with Crippen LogP contribution in [0.5, 0.6) is 0 Å². The molecule has 1 aromatic rings. The van der Waals surface area contributed by atoms with Crippen LogP contribution in [0.25, 0.3) is 0 Å². The fourth-order valence-electron chi connectivity index (χ4n) is 1.40. The van der Waals surface area contributed by atoms with Crippen LogP contribution in [0, 0.1) is 0 Å². The van der Waals surface area contributed by atoms with Crippen molar-refractivity contribution in [3.05, 3.63) is 28.2 Å². The van der Waals surface area contributed by atoms with Crippen molar-refractivity contribution < 1.29 is 4.79 Å². The molecule has 1 aliphatic rings. The van der Waals surface area contributed by atoms with Crippen LogP contribution in [0.2, 0.25) is 0 Å². The highest BCUT2D eigenvalue weighted by atomic mass is 16.2. The van der Waals surface area contributed by atoms with Gasteiger partial charge < -0.3 is 5.32 Å². The Labute approximate surface area is 93.5 Å². The van der Waals surface area contributed by atoms with Gasteiger partial charge in [-0.15, -0.1) is 0 Å². The number of nitrogens with zero attached hydrogens (tertiary/aromatic N) is 2. The van der Waals surface area contributed by atoms with E-state index in [1.807, 2.05) is 13.8 Å². The van der Waals surface area contributed by atoms with Crippen molar-refractivity contribution in [2.24, 2.45) is 0 Å². The average Bonchev–Trinajstić information content (AvgIpc) is 3.01. The maximum Gasteiger partial charge on any atom is 0.271 e. The van der Waals surface area contributed by atoms with Crippen LogP contribution in [-0.2, 0) is 0 Å². The molecule has 0 radical (unpaired) electrons. The normalized spacial score (nSPS) is 15.2. The predicted molar refractivity (Wildman–Crippen MR) is 59.4 cm³/mol. The van der Waals surface area contributed by atoms with E-state index in [4.69, 9.17) is 0 Å². The highest BCUT2D eigenvalue weighted by Gasteiger charge is 2.24. The van der Waals surface area contributed by atoms with Crippen LogP contribution < -0.4 is 10.9 Å². The molecule has 86 valence electrons. The lowest BCUT2D eigenvalue weighted by Crippen LogP contribution is -2.31. The van der Waals surface area contributed by atoms with Gasteiger partial charge in [0.1, 0.15) is 5.69 Å². The molecule has 0 aliphatic heterocycles. The second-order valence-electron chi connectivity index (χ2n) is 4.34.